The van der Waals surface area contributed by atoms with Gasteiger partial charge in [-0.3, -0.25) is 10.1 Å². The number of hydrogen-bond acceptors (Lipinski definition) is 8. The Kier molecular flexibility index (Phi) is 6.31. The van der Waals surface area contributed by atoms with Gasteiger partial charge in [0.05, 0.1) is 7.11 Å². The summed E-state index contributed by atoms with van der Waals surface area (Å²) in [4.78, 5) is 16.8. The summed E-state index contributed by atoms with van der Waals surface area (Å²) in [5, 5.41) is 17.9. The third kappa shape index (κ3) is 5.19. The molecule has 0 unspecified atom stereocenters. The van der Waals surface area contributed by atoms with Gasteiger partial charge >= 0.3 is 0 Å². The Morgan fingerprint density at radius 1 is 1.00 bits per heavy atom. The van der Waals surface area contributed by atoms with Gasteiger partial charge in [0.2, 0.25) is 5.13 Å². The van der Waals surface area contributed by atoms with E-state index in [2.05, 4.69) is 25.8 Å². The lowest BCUT2D eigenvalue weighted by molar-refractivity contribution is 0.102. The van der Waals surface area contributed by atoms with Crippen molar-refractivity contribution in [1.82, 2.24) is 15.2 Å². The summed E-state index contributed by atoms with van der Waals surface area (Å²) >= 11 is 2.74. The minimum atomic E-state index is -0.300. The first-order valence-electron chi connectivity index (χ1n) is 9.19. The van der Waals surface area contributed by atoms with E-state index in [-0.39, 0.29) is 5.91 Å². The predicted octanol–water partition coefficient (Wildman–Crippen LogP) is 4.46. The molecule has 0 saturated carbocycles. The minimum Gasteiger partial charge on any atom is -0.497 e. The standard InChI is InChI=1S/C21H19N5O2S2/c1-28-16-9-7-14(8-10-16)11-18-25-26-21(30-18)24-19(27)17-13-29-20(23-17)22-12-15-5-3-2-4-6-15/h2-10,13H,11-12H2,1H3,(H,22,23)(H,24,26,27). The van der Waals surface area contributed by atoms with Gasteiger partial charge in [-0.1, -0.05) is 53.8 Å². The quantitative estimate of drug-likeness (QED) is 0.423. The number of hydrogen-bond donors (Lipinski definition) is 2. The number of amides is 1. The fraction of sp³-hybridized carbons (Fsp3) is 0.143. The number of benzene rings is 2. The number of nitrogens with zero attached hydrogens (tertiary/aromatic N) is 3. The molecule has 9 heteroatoms. The van der Waals surface area contributed by atoms with Gasteiger partial charge in [0.15, 0.2) is 5.13 Å². The number of ether oxygens (including phenoxy) is 1. The molecule has 0 bridgehead atoms. The summed E-state index contributed by atoms with van der Waals surface area (Å²) < 4.78 is 5.17. The first kappa shape index (κ1) is 20.0. The molecule has 4 aromatic rings. The van der Waals surface area contributed by atoms with Crippen molar-refractivity contribution in [3.05, 3.63) is 81.8 Å². The molecular weight excluding hydrogens is 418 g/mol. The molecule has 0 aliphatic heterocycles. The number of anilines is 2. The van der Waals surface area contributed by atoms with Crippen LogP contribution in [0.5, 0.6) is 5.75 Å². The molecule has 0 saturated heterocycles. The van der Waals surface area contributed by atoms with Gasteiger partial charge in [-0.25, -0.2) is 4.98 Å². The molecule has 7 nitrogen and oxygen atoms in total. The van der Waals surface area contributed by atoms with Crippen LogP contribution in [-0.2, 0) is 13.0 Å². The topological polar surface area (TPSA) is 89.0 Å². The summed E-state index contributed by atoms with van der Waals surface area (Å²) in [6.07, 6.45) is 0.641. The molecule has 30 heavy (non-hydrogen) atoms. The Bertz CT molecular complexity index is 1110. The summed E-state index contributed by atoms with van der Waals surface area (Å²) in [6, 6.07) is 17.8. The van der Waals surface area contributed by atoms with E-state index in [9.17, 15) is 4.79 Å². The van der Waals surface area contributed by atoms with Crippen molar-refractivity contribution in [3.63, 3.8) is 0 Å². The lowest BCUT2D eigenvalue weighted by atomic mass is 10.1. The van der Waals surface area contributed by atoms with Crippen LogP contribution in [0.2, 0.25) is 0 Å². The first-order valence-corrected chi connectivity index (χ1v) is 10.9. The smallest absolute Gasteiger partial charge is 0.277 e. The van der Waals surface area contributed by atoms with Crippen LogP contribution in [0.15, 0.2) is 60.0 Å². The largest absolute Gasteiger partial charge is 0.497 e. The monoisotopic (exact) mass is 437 g/mol. The number of rotatable bonds is 8. The Balaban J connectivity index is 1.32. The highest BCUT2D eigenvalue weighted by Gasteiger charge is 2.14. The van der Waals surface area contributed by atoms with Gasteiger partial charge in [-0.05, 0) is 23.3 Å². The van der Waals surface area contributed by atoms with E-state index >= 15 is 0 Å². The van der Waals surface area contributed by atoms with Crippen LogP contribution in [0.3, 0.4) is 0 Å². The van der Waals surface area contributed by atoms with Crippen LogP contribution < -0.4 is 15.4 Å². The van der Waals surface area contributed by atoms with Crippen molar-refractivity contribution < 1.29 is 9.53 Å². The number of carbonyl (C=O) groups excluding carboxylic acids is 1. The van der Waals surface area contributed by atoms with E-state index in [1.807, 2.05) is 54.6 Å². The average molecular weight is 438 g/mol. The molecule has 0 atom stereocenters. The lowest BCUT2D eigenvalue weighted by Gasteiger charge is -2.02. The number of nitrogens with one attached hydrogen (secondary N) is 2. The van der Waals surface area contributed by atoms with Gasteiger partial charge < -0.3 is 10.1 Å². The summed E-state index contributed by atoms with van der Waals surface area (Å²) in [7, 11) is 1.64. The van der Waals surface area contributed by atoms with Crippen molar-refractivity contribution in [2.24, 2.45) is 0 Å². The van der Waals surface area contributed by atoms with Gasteiger partial charge in [0.25, 0.3) is 5.91 Å². The molecule has 2 aromatic heterocycles. The summed E-state index contributed by atoms with van der Waals surface area (Å²) in [6.45, 7) is 0.653. The normalized spacial score (nSPS) is 10.6. The Hall–Kier alpha value is -3.30. The van der Waals surface area contributed by atoms with Crippen LogP contribution >= 0.6 is 22.7 Å². The van der Waals surface area contributed by atoms with Crippen molar-refractivity contribution in [1.29, 1.82) is 0 Å². The molecule has 4 rings (SSSR count). The third-order valence-electron chi connectivity index (χ3n) is 4.23. The zero-order valence-electron chi connectivity index (χ0n) is 16.2. The van der Waals surface area contributed by atoms with Crippen molar-refractivity contribution in [2.75, 3.05) is 17.7 Å². The molecule has 0 aliphatic rings. The molecule has 0 aliphatic carbocycles. The predicted molar refractivity (Wildman–Crippen MR) is 120 cm³/mol. The van der Waals surface area contributed by atoms with Crippen LogP contribution in [0.4, 0.5) is 10.3 Å². The van der Waals surface area contributed by atoms with Crippen LogP contribution in [0.1, 0.15) is 26.6 Å². The highest BCUT2D eigenvalue weighted by Crippen LogP contribution is 2.22. The number of carbonyl (C=O) groups is 1. The molecule has 152 valence electrons. The maximum absolute atomic E-state index is 12.5. The van der Waals surface area contributed by atoms with Gasteiger partial charge in [-0.15, -0.1) is 21.5 Å². The highest BCUT2D eigenvalue weighted by molar-refractivity contribution is 7.15. The molecule has 2 N–H and O–H groups in total. The number of thiazole rings is 1. The fourth-order valence-electron chi connectivity index (χ4n) is 2.69. The molecule has 0 spiro atoms. The van der Waals surface area contributed by atoms with E-state index in [1.165, 1.54) is 22.7 Å². The van der Waals surface area contributed by atoms with Gasteiger partial charge in [0.1, 0.15) is 16.5 Å². The minimum absolute atomic E-state index is 0.300. The maximum Gasteiger partial charge on any atom is 0.277 e. The number of methoxy groups -OCH3 is 1. The molecular formula is C21H19N5O2S2. The van der Waals surface area contributed by atoms with E-state index < -0.39 is 0 Å². The zero-order valence-corrected chi connectivity index (χ0v) is 17.8. The SMILES string of the molecule is COc1ccc(Cc2nnc(NC(=O)c3csc(NCc4ccccc4)n3)s2)cc1. The Morgan fingerprint density at radius 2 is 1.80 bits per heavy atom. The van der Waals surface area contributed by atoms with Crippen molar-refractivity contribution >= 4 is 38.8 Å². The first-order chi connectivity index (χ1) is 14.7. The van der Waals surface area contributed by atoms with E-state index in [0.717, 1.165) is 21.9 Å². The average Bonchev–Trinajstić information content (AvgIpc) is 3.43. The second-order valence-corrected chi connectivity index (χ2v) is 8.28. The maximum atomic E-state index is 12.5. The molecule has 2 aromatic carbocycles. The van der Waals surface area contributed by atoms with E-state index in [1.54, 1.807) is 12.5 Å². The second kappa shape index (κ2) is 9.47. The van der Waals surface area contributed by atoms with Crippen LogP contribution in [0.25, 0.3) is 0 Å². The van der Waals surface area contributed by atoms with Crippen molar-refractivity contribution in [3.8, 4) is 5.75 Å². The van der Waals surface area contributed by atoms with Crippen molar-refractivity contribution in [2.45, 2.75) is 13.0 Å². The molecule has 0 radical (unpaired) electrons. The van der Waals surface area contributed by atoms with Crippen LogP contribution in [0, 0.1) is 0 Å². The summed E-state index contributed by atoms with van der Waals surface area (Å²) in [5.41, 5.74) is 2.60. The van der Waals surface area contributed by atoms with Gasteiger partial charge in [-0.2, -0.15) is 0 Å². The fourth-order valence-corrected chi connectivity index (χ4v) is 4.15. The Morgan fingerprint density at radius 3 is 2.57 bits per heavy atom. The van der Waals surface area contributed by atoms with Crippen LogP contribution in [-0.4, -0.2) is 28.2 Å². The molecule has 0 fully saturated rings. The molecule has 2 heterocycles. The number of aromatic nitrogens is 3. The van der Waals surface area contributed by atoms with E-state index in [0.29, 0.717) is 28.9 Å². The highest BCUT2D eigenvalue weighted by atomic mass is 32.1. The van der Waals surface area contributed by atoms with Gasteiger partial charge in [0, 0.05) is 18.3 Å². The third-order valence-corrected chi connectivity index (χ3v) is 5.86. The summed E-state index contributed by atoms with van der Waals surface area (Å²) in [5.74, 6) is 0.510. The Labute approximate surface area is 181 Å². The molecule has 1 amide bonds. The lowest BCUT2D eigenvalue weighted by Crippen LogP contribution is -2.12. The zero-order chi connectivity index (χ0) is 20.8. The van der Waals surface area contributed by atoms with E-state index in [4.69, 9.17) is 4.74 Å². The second-order valence-electron chi connectivity index (χ2n) is 6.36.